The molecule has 1 aliphatic carbocycles. The van der Waals surface area contributed by atoms with Gasteiger partial charge in [-0.3, -0.25) is 0 Å². The third-order valence-electron chi connectivity index (χ3n) is 3.34. The van der Waals surface area contributed by atoms with Crippen molar-refractivity contribution in [1.29, 1.82) is 0 Å². The van der Waals surface area contributed by atoms with Crippen LogP contribution in [-0.2, 0) is 11.3 Å². The molecule has 1 aliphatic rings. The second-order valence-corrected chi connectivity index (χ2v) is 4.93. The Kier molecular flexibility index (Phi) is 4.61. The van der Waals surface area contributed by atoms with Crippen molar-refractivity contribution in [1.82, 2.24) is 4.90 Å². The second kappa shape index (κ2) is 6.41. The van der Waals surface area contributed by atoms with Gasteiger partial charge in [0.2, 0.25) is 0 Å². The molecule has 2 N–H and O–H groups in total. The monoisotopic (exact) mass is 275 g/mol. The fourth-order valence-electron chi connectivity index (χ4n) is 1.89. The zero-order chi connectivity index (χ0) is 14.5. The lowest BCUT2D eigenvalue weighted by atomic mass is 10.1. The molecular weight excluding hydrogens is 254 g/mol. The van der Waals surface area contributed by atoms with Crippen LogP contribution in [-0.4, -0.2) is 36.5 Å². The van der Waals surface area contributed by atoms with Crippen molar-refractivity contribution in [3.8, 4) is 0 Å². The first-order valence-corrected chi connectivity index (χ1v) is 6.90. The largest absolute Gasteiger partial charge is 0.462 e. The van der Waals surface area contributed by atoms with Crippen molar-refractivity contribution < 1.29 is 9.53 Å². The molecule has 0 aromatic heterocycles. The molecule has 0 unspecified atom stereocenters. The summed E-state index contributed by atoms with van der Waals surface area (Å²) in [7, 11) is 1.97. The van der Waals surface area contributed by atoms with Crippen LogP contribution in [0.2, 0.25) is 0 Å². The number of esters is 1. The Morgan fingerprint density at radius 2 is 2.05 bits per heavy atom. The molecule has 0 heterocycles. The first-order valence-electron chi connectivity index (χ1n) is 6.90. The van der Waals surface area contributed by atoms with E-state index in [0.717, 1.165) is 5.56 Å². The number of hydrogen-bond donors (Lipinski definition) is 1. The van der Waals surface area contributed by atoms with Crippen LogP contribution in [0.4, 0.5) is 0 Å². The van der Waals surface area contributed by atoms with Crippen molar-refractivity contribution >= 4 is 11.9 Å². The van der Waals surface area contributed by atoms with Crippen LogP contribution in [0.15, 0.2) is 29.3 Å². The quantitative estimate of drug-likeness (QED) is 0.505. The van der Waals surface area contributed by atoms with Gasteiger partial charge < -0.3 is 15.4 Å². The van der Waals surface area contributed by atoms with Gasteiger partial charge in [-0.25, -0.2) is 9.79 Å². The summed E-state index contributed by atoms with van der Waals surface area (Å²) in [5, 5.41) is 0. The summed E-state index contributed by atoms with van der Waals surface area (Å²) in [6.07, 6.45) is 2.39. The summed E-state index contributed by atoms with van der Waals surface area (Å²) < 4.78 is 4.94. The highest BCUT2D eigenvalue weighted by atomic mass is 16.5. The molecule has 1 fully saturated rings. The van der Waals surface area contributed by atoms with Crippen LogP contribution < -0.4 is 5.73 Å². The van der Waals surface area contributed by atoms with Crippen molar-refractivity contribution in [2.45, 2.75) is 32.4 Å². The number of nitrogens with two attached hydrogens (primary N) is 1. The Hall–Kier alpha value is -2.04. The van der Waals surface area contributed by atoms with E-state index < -0.39 is 0 Å². The number of aliphatic imine (C=N–C) groups is 1. The van der Waals surface area contributed by atoms with Gasteiger partial charge in [-0.1, -0.05) is 12.1 Å². The zero-order valence-electron chi connectivity index (χ0n) is 12.0. The minimum absolute atomic E-state index is 0.296. The predicted molar refractivity (Wildman–Crippen MR) is 78.5 cm³/mol. The number of rotatable bonds is 5. The third kappa shape index (κ3) is 3.73. The lowest BCUT2D eigenvalue weighted by Crippen LogP contribution is -2.35. The third-order valence-corrected chi connectivity index (χ3v) is 3.34. The Balaban J connectivity index is 1.93. The molecule has 20 heavy (non-hydrogen) atoms. The van der Waals surface area contributed by atoms with Crippen LogP contribution in [0.3, 0.4) is 0 Å². The summed E-state index contributed by atoms with van der Waals surface area (Å²) in [6, 6.07) is 7.82. The number of benzene rings is 1. The van der Waals surface area contributed by atoms with Crippen molar-refractivity contribution in [3.63, 3.8) is 0 Å². The van der Waals surface area contributed by atoms with E-state index in [1.165, 1.54) is 12.8 Å². The normalized spacial score (nSPS) is 15.0. The Morgan fingerprint density at radius 1 is 1.40 bits per heavy atom. The van der Waals surface area contributed by atoms with Gasteiger partial charge in [0.15, 0.2) is 5.96 Å². The summed E-state index contributed by atoms with van der Waals surface area (Å²) in [5.74, 6) is 0.275. The summed E-state index contributed by atoms with van der Waals surface area (Å²) in [5.41, 5.74) is 7.50. The lowest BCUT2D eigenvalue weighted by Gasteiger charge is -2.16. The maximum absolute atomic E-state index is 11.5. The van der Waals surface area contributed by atoms with Gasteiger partial charge in [-0.2, -0.15) is 0 Å². The Bertz CT molecular complexity index is 492. The minimum atomic E-state index is -0.296. The van der Waals surface area contributed by atoms with Crippen LogP contribution in [0, 0.1) is 0 Å². The predicted octanol–water partition coefficient (Wildman–Crippen LogP) is 1.77. The average molecular weight is 275 g/mol. The molecule has 2 rings (SSSR count). The maximum atomic E-state index is 11.5. The highest BCUT2D eigenvalue weighted by molar-refractivity contribution is 5.89. The molecule has 0 bridgehead atoms. The fourth-order valence-corrected chi connectivity index (χ4v) is 1.89. The van der Waals surface area contributed by atoms with E-state index in [1.54, 1.807) is 19.1 Å². The Morgan fingerprint density at radius 3 is 2.60 bits per heavy atom. The molecule has 0 atom stereocenters. The van der Waals surface area contributed by atoms with Crippen LogP contribution in [0.25, 0.3) is 0 Å². The summed E-state index contributed by atoms with van der Waals surface area (Å²) in [4.78, 5) is 17.9. The first kappa shape index (κ1) is 14.4. The maximum Gasteiger partial charge on any atom is 0.338 e. The lowest BCUT2D eigenvalue weighted by molar-refractivity contribution is 0.0526. The zero-order valence-corrected chi connectivity index (χ0v) is 12.0. The van der Waals surface area contributed by atoms with Gasteiger partial charge in [0.25, 0.3) is 0 Å². The van der Waals surface area contributed by atoms with Gasteiger partial charge in [0, 0.05) is 13.1 Å². The summed E-state index contributed by atoms with van der Waals surface area (Å²) in [6.45, 7) is 2.70. The topological polar surface area (TPSA) is 67.9 Å². The van der Waals surface area contributed by atoms with E-state index in [4.69, 9.17) is 10.5 Å². The van der Waals surface area contributed by atoms with Gasteiger partial charge in [-0.15, -0.1) is 0 Å². The number of hydrogen-bond acceptors (Lipinski definition) is 3. The highest BCUT2D eigenvalue weighted by Gasteiger charge is 2.27. The molecule has 1 saturated carbocycles. The summed E-state index contributed by atoms with van der Waals surface area (Å²) >= 11 is 0. The number of nitrogens with zero attached hydrogens (tertiary/aromatic N) is 2. The van der Waals surface area contributed by atoms with E-state index >= 15 is 0 Å². The van der Waals surface area contributed by atoms with Crippen molar-refractivity contribution in [3.05, 3.63) is 35.4 Å². The van der Waals surface area contributed by atoms with E-state index in [-0.39, 0.29) is 5.97 Å². The number of guanidine groups is 1. The number of ether oxygens (including phenoxy) is 1. The molecule has 108 valence electrons. The molecule has 0 spiro atoms. The smallest absolute Gasteiger partial charge is 0.338 e. The average Bonchev–Trinajstić information content (AvgIpc) is 3.29. The standard InChI is InChI=1S/C15H21N3O2/c1-3-20-14(19)12-6-4-11(5-7-12)10-17-15(16)18(2)13-8-9-13/h4-7,13H,3,8-10H2,1-2H3,(H2,16,17). The van der Waals surface area contributed by atoms with E-state index in [1.807, 2.05) is 24.1 Å². The molecule has 0 amide bonds. The molecule has 1 aromatic rings. The molecule has 1 aromatic carbocycles. The van der Waals surface area contributed by atoms with Crippen LogP contribution in [0.1, 0.15) is 35.7 Å². The van der Waals surface area contributed by atoms with Gasteiger partial charge in [0.1, 0.15) is 0 Å². The second-order valence-electron chi connectivity index (χ2n) is 4.93. The van der Waals surface area contributed by atoms with Crippen LogP contribution in [0.5, 0.6) is 0 Å². The Labute approximate surface area is 119 Å². The number of carbonyl (C=O) groups excluding carboxylic acids is 1. The first-order chi connectivity index (χ1) is 9.61. The number of carbonyl (C=O) groups is 1. The van der Waals surface area contributed by atoms with Gasteiger partial charge in [-0.05, 0) is 37.5 Å². The molecular formula is C15H21N3O2. The van der Waals surface area contributed by atoms with Crippen molar-refractivity contribution in [2.24, 2.45) is 10.7 Å². The van der Waals surface area contributed by atoms with Gasteiger partial charge in [0.05, 0.1) is 18.7 Å². The minimum Gasteiger partial charge on any atom is -0.462 e. The molecule has 5 heteroatoms. The molecule has 0 saturated heterocycles. The molecule has 5 nitrogen and oxygen atoms in total. The van der Waals surface area contributed by atoms with Crippen molar-refractivity contribution in [2.75, 3.05) is 13.7 Å². The molecule has 0 radical (unpaired) electrons. The SMILES string of the molecule is CCOC(=O)c1ccc(CN=C(N)N(C)C2CC2)cc1. The highest BCUT2D eigenvalue weighted by Crippen LogP contribution is 2.24. The molecule has 0 aliphatic heterocycles. The van der Waals surface area contributed by atoms with Gasteiger partial charge >= 0.3 is 5.97 Å². The van der Waals surface area contributed by atoms with E-state index in [0.29, 0.717) is 30.7 Å². The van der Waals surface area contributed by atoms with Crippen LogP contribution >= 0.6 is 0 Å². The van der Waals surface area contributed by atoms with E-state index in [9.17, 15) is 4.79 Å². The fraction of sp³-hybridized carbons (Fsp3) is 0.467. The van der Waals surface area contributed by atoms with E-state index in [2.05, 4.69) is 4.99 Å².